The zero-order valence-electron chi connectivity index (χ0n) is 12.5. The van der Waals surface area contributed by atoms with Gasteiger partial charge >= 0.3 is 0 Å². The fraction of sp³-hybridized carbons (Fsp3) is 1.00. The van der Waals surface area contributed by atoms with Gasteiger partial charge in [0.2, 0.25) is 0 Å². The van der Waals surface area contributed by atoms with E-state index < -0.39 is 0 Å². The lowest BCUT2D eigenvalue weighted by Crippen LogP contribution is -2.42. The third-order valence-electron chi connectivity index (χ3n) is 3.68. The van der Waals surface area contributed by atoms with E-state index in [4.69, 9.17) is 0 Å². The summed E-state index contributed by atoms with van der Waals surface area (Å²) in [5.74, 6) is 2.71. The number of thioether (sulfide) groups is 2. The van der Waals surface area contributed by atoms with Crippen LogP contribution in [0.25, 0.3) is 0 Å². The van der Waals surface area contributed by atoms with Gasteiger partial charge in [-0.1, -0.05) is 48.0 Å². The highest BCUT2D eigenvalue weighted by Gasteiger charge is 2.41. The van der Waals surface area contributed by atoms with E-state index in [0.29, 0.717) is 10.8 Å². The Morgan fingerprint density at radius 1 is 0.941 bits per heavy atom. The van der Waals surface area contributed by atoms with Crippen LogP contribution in [0.1, 0.15) is 60.8 Å². The largest absolute Gasteiger partial charge is 0.157 e. The molecule has 0 radical (unpaired) electrons. The summed E-state index contributed by atoms with van der Waals surface area (Å²) in [6.45, 7) is 14.6. The third kappa shape index (κ3) is 4.38. The minimum absolute atomic E-state index is 0.428. The molecule has 17 heavy (non-hydrogen) atoms. The molecule has 1 saturated heterocycles. The zero-order valence-corrected chi connectivity index (χ0v) is 14.1. The monoisotopic (exact) mass is 274 g/mol. The average Bonchev–Trinajstić information content (AvgIpc) is 2.41. The fourth-order valence-electron chi connectivity index (χ4n) is 2.78. The number of hydrogen-bond donors (Lipinski definition) is 0. The predicted octanol–water partition coefficient (Wildman–Crippen LogP) is 5.47. The highest BCUT2D eigenvalue weighted by molar-refractivity contribution is 8.04. The second-order valence-electron chi connectivity index (χ2n) is 7.04. The van der Waals surface area contributed by atoms with Crippen LogP contribution in [0.4, 0.5) is 0 Å². The molecule has 2 heteroatoms. The summed E-state index contributed by atoms with van der Waals surface area (Å²) in [6, 6.07) is 0. The van der Waals surface area contributed by atoms with Gasteiger partial charge in [0.1, 0.15) is 0 Å². The molecule has 0 amide bonds. The first-order valence-corrected chi connectivity index (χ1v) is 9.12. The van der Waals surface area contributed by atoms with E-state index in [-0.39, 0.29) is 0 Å². The Hall–Kier alpha value is 0.700. The van der Waals surface area contributed by atoms with Crippen molar-refractivity contribution >= 4 is 23.5 Å². The maximum Gasteiger partial charge on any atom is 0.0222 e. The third-order valence-corrected chi connectivity index (χ3v) is 7.51. The first-order valence-electron chi connectivity index (χ1n) is 7.02. The number of hydrogen-bond acceptors (Lipinski definition) is 2. The van der Waals surface area contributed by atoms with Crippen molar-refractivity contribution in [1.29, 1.82) is 0 Å². The van der Waals surface area contributed by atoms with E-state index in [1.807, 2.05) is 0 Å². The maximum absolute atomic E-state index is 2.48. The molecule has 0 N–H and O–H groups in total. The first kappa shape index (κ1) is 15.8. The Morgan fingerprint density at radius 2 is 1.47 bits per heavy atom. The summed E-state index contributed by atoms with van der Waals surface area (Å²) in [5, 5.41) is 1.62. The molecular formula is C15H30S2. The summed E-state index contributed by atoms with van der Waals surface area (Å²) in [6.07, 6.45) is 4.06. The lowest BCUT2D eigenvalue weighted by atomic mass is 9.76. The summed E-state index contributed by atoms with van der Waals surface area (Å²) in [7, 11) is 0. The van der Waals surface area contributed by atoms with E-state index >= 15 is 0 Å². The van der Waals surface area contributed by atoms with Gasteiger partial charge in [0, 0.05) is 10.5 Å². The SMILES string of the molecule is CCCC(C)(C)C1SCCCSC1C(C)(C)C. The van der Waals surface area contributed by atoms with Crippen LogP contribution in [0.5, 0.6) is 0 Å². The predicted molar refractivity (Wildman–Crippen MR) is 85.3 cm³/mol. The van der Waals surface area contributed by atoms with Crippen molar-refractivity contribution in [3.8, 4) is 0 Å². The molecule has 1 fully saturated rings. The van der Waals surface area contributed by atoms with Crippen LogP contribution < -0.4 is 0 Å². The molecule has 1 rings (SSSR count). The van der Waals surface area contributed by atoms with E-state index in [1.54, 1.807) is 0 Å². The summed E-state index contributed by atoms with van der Waals surface area (Å²) in [4.78, 5) is 0. The molecule has 0 aliphatic carbocycles. The maximum atomic E-state index is 2.48. The van der Waals surface area contributed by atoms with Gasteiger partial charge in [-0.2, -0.15) is 23.5 Å². The van der Waals surface area contributed by atoms with Crippen molar-refractivity contribution in [3.63, 3.8) is 0 Å². The highest BCUT2D eigenvalue weighted by Crippen LogP contribution is 2.48. The van der Waals surface area contributed by atoms with E-state index in [9.17, 15) is 0 Å². The molecule has 1 heterocycles. The lowest BCUT2D eigenvalue weighted by Gasteiger charge is -2.43. The van der Waals surface area contributed by atoms with Gasteiger partial charge in [-0.25, -0.2) is 0 Å². The van der Waals surface area contributed by atoms with Crippen LogP contribution in [0, 0.1) is 10.8 Å². The molecule has 0 spiro atoms. The van der Waals surface area contributed by atoms with Crippen LogP contribution in [0.15, 0.2) is 0 Å². The van der Waals surface area contributed by atoms with Gasteiger partial charge < -0.3 is 0 Å². The molecule has 1 aliphatic heterocycles. The fourth-order valence-corrected chi connectivity index (χ4v) is 6.76. The van der Waals surface area contributed by atoms with Gasteiger partial charge in [0.15, 0.2) is 0 Å². The van der Waals surface area contributed by atoms with Gasteiger partial charge in [-0.05, 0) is 35.2 Å². The summed E-state index contributed by atoms with van der Waals surface area (Å²) >= 11 is 4.48. The van der Waals surface area contributed by atoms with Gasteiger partial charge in [0.05, 0.1) is 0 Å². The Morgan fingerprint density at radius 3 is 1.94 bits per heavy atom. The molecule has 102 valence electrons. The molecular weight excluding hydrogens is 244 g/mol. The summed E-state index contributed by atoms with van der Waals surface area (Å²) in [5.41, 5.74) is 0.909. The Balaban J connectivity index is 2.89. The lowest BCUT2D eigenvalue weighted by molar-refractivity contribution is 0.260. The quantitative estimate of drug-likeness (QED) is 0.669. The molecule has 0 bridgehead atoms. The van der Waals surface area contributed by atoms with Crippen LogP contribution in [0.2, 0.25) is 0 Å². The van der Waals surface area contributed by atoms with Crippen LogP contribution in [-0.2, 0) is 0 Å². The molecule has 0 aromatic rings. The van der Waals surface area contributed by atoms with Gasteiger partial charge in [-0.3, -0.25) is 0 Å². The van der Waals surface area contributed by atoms with Gasteiger partial charge in [-0.15, -0.1) is 0 Å². The smallest absolute Gasteiger partial charge is 0.0222 e. The van der Waals surface area contributed by atoms with Crippen LogP contribution in [0.3, 0.4) is 0 Å². The Kier molecular flexibility index (Phi) is 5.78. The van der Waals surface area contributed by atoms with Crippen molar-refractivity contribution in [2.75, 3.05) is 11.5 Å². The normalized spacial score (nSPS) is 27.9. The molecule has 0 aromatic heterocycles. The Bertz CT molecular complexity index is 228. The molecule has 1 aliphatic rings. The zero-order chi connectivity index (χ0) is 13.1. The molecule has 0 nitrogen and oxygen atoms in total. The minimum atomic E-state index is 0.428. The van der Waals surface area contributed by atoms with E-state index in [2.05, 4.69) is 65.1 Å². The molecule has 2 atom stereocenters. The van der Waals surface area contributed by atoms with Crippen LogP contribution in [-0.4, -0.2) is 22.0 Å². The first-order chi connectivity index (χ1) is 7.79. The van der Waals surface area contributed by atoms with E-state index in [0.717, 1.165) is 10.5 Å². The van der Waals surface area contributed by atoms with Crippen molar-refractivity contribution in [1.82, 2.24) is 0 Å². The summed E-state index contributed by atoms with van der Waals surface area (Å²) < 4.78 is 0. The molecule has 2 unspecified atom stereocenters. The Labute approximate surface area is 117 Å². The average molecular weight is 275 g/mol. The molecule has 0 saturated carbocycles. The van der Waals surface area contributed by atoms with Crippen molar-refractivity contribution in [2.45, 2.75) is 71.3 Å². The van der Waals surface area contributed by atoms with Crippen molar-refractivity contribution < 1.29 is 0 Å². The van der Waals surface area contributed by atoms with Crippen molar-refractivity contribution in [2.24, 2.45) is 10.8 Å². The van der Waals surface area contributed by atoms with Crippen molar-refractivity contribution in [3.05, 3.63) is 0 Å². The topological polar surface area (TPSA) is 0 Å². The van der Waals surface area contributed by atoms with Crippen LogP contribution >= 0.6 is 23.5 Å². The minimum Gasteiger partial charge on any atom is -0.157 e. The van der Waals surface area contributed by atoms with Gasteiger partial charge in [0.25, 0.3) is 0 Å². The second-order valence-corrected chi connectivity index (χ2v) is 9.54. The highest BCUT2D eigenvalue weighted by atomic mass is 32.2. The number of rotatable bonds is 3. The second kappa shape index (κ2) is 6.23. The van der Waals surface area contributed by atoms with E-state index in [1.165, 1.54) is 30.8 Å². The standard InChI is InChI=1S/C15H30S2/c1-7-9-15(5,6)13-12(14(2,3)4)16-10-8-11-17-13/h12-13H,7-11H2,1-6H3. The molecule has 0 aromatic carbocycles.